The Morgan fingerprint density at radius 1 is 1.89 bits per heavy atom. The van der Waals surface area contributed by atoms with Gasteiger partial charge in [-0.2, -0.15) is 0 Å². The van der Waals surface area contributed by atoms with E-state index in [-0.39, 0.29) is 12.6 Å². The molecule has 0 fully saturated rings. The summed E-state index contributed by atoms with van der Waals surface area (Å²) in [4.78, 5) is 0.723. The molecular formula is C6H9NOS. The van der Waals surface area contributed by atoms with E-state index in [0.29, 0.717) is 0 Å². The molecule has 0 radical (unpaired) electrons. The van der Waals surface area contributed by atoms with Gasteiger partial charge in [0.05, 0.1) is 17.6 Å². The molecule has 0 aromatic rings. The van der Waals surface area contributed by atoms with Gasteiger partial charge < -0.3 is 10.4 Å². The van der Waals surface area contributed by atoms with E-state index in [1.807, 2.05) is 12.2 Å². The largest absolute Gasteiger partial charge is 0.394 e. The van der Waals surface area contributed by atoms with Crippen LogP contribution in [0.3, 0.4) is 0 Å². The third-order valence-corrected chi connectivity index (χ3v) is 1.51. The molecule has 9 heavy (non-hydrogen) atoms. The Labute approximate surface area is 59.6 Å². The van der Waals surface area contributed by atoms with Crippen molar-refractivity contribution in [3.05, 3.63) is 12.2 Å². The zero-order chi connectivity index (χ0) is 6.69. The second-order valence-corrected chi connectivity index (χ2v) is 2.47. The fourth-order valence-corrected chi connectivity index (χ4v) is 1.03. The predicted molar refractivity (Wildman–Crippen MR) is 40.4 cm³/mol. The zero-order valence-corrected chi connectivity index (χ0v) is 5.82. The van der Waals surface area contributed by atoms with Crippen molar-refractivity contribution in [2.75, 3.05) is 6.61 Å². The minimum Gasteiger partial charge on any atom is -0.394 e. The van der Waals surface area contributed by atoms with Crippen LogP contribution in [0.1, 0.15) is 6.42 Å². The summed E-state index contributed by atoms with van der Waals surface area (Å²) in [6.07, 6.45) is 4.69. The summed E-state index contributed by atoms with van der Waals surface area (Å²) in [5.41, 5.74) is 0. The second-order valence-electron chi connectivity index (χ2n) is 2.03. The van der Waals surface area contributed by atoms with E-state index in [2.05, 4.69) is 5.32 Å². The fourth-order valence-electron chi connectivity index (χ4n) is 0.768. The molecule has 3 heteroatoms. The molecule has 50 valence electrons. The Balaban J connectivity index is 2.47. The number of aliphatic hydroxyl groups excluding tert-OH is 1. The molecule has 1 heterocycles. The van der Waals surface area contributed by atoms with Crippen molar-refractivity contribution in [3.63, 3.8) is 0 Å². The molecule has 1 atom stereocenters. The van der Waals surface area contributed by atoms with Crippen molar-refractivity contribution in [1.82, 2.24) is 5.32 Å². The van der Waals surface area contributed by atoms with Gasteiger partial charge in [0.2, 0.25) is 0 Å². The number of nitrogens with one attached hydrogen (secondary N) is 1. The third kappa shape index (κ3) is 1.77. The number of hydrogen-bond acceptors (Lipinski definition) is 2. The van der Waals surface area contributed by atoms with E-state index >= 15 is 0 Å². The molecule has 0 aromatic carbocycles. The van der Waals surface area contributed by atoms with Crippen molar-refractivity contribution in [2.45, 2.75) is 12.5 Å². The topological polar surface area (TPSA) is 32.3 Å². The van der Waals surface area contributed by atoms with Crippen LogP contribution >= 0.6 is 12.2 Å². The van der Waals surface area contributed by atoms with Crippen LogP contribution in [0.15, 0.2) is 12.2 Å². The summed E-state index contributed by atoms with van der Waals surface area (Å²) in [6, 6.07) is 0.141. The van der Waals surface area contributed by atoms with Crippen LogP contribution < -0.4 is 5.32 Å². The highest BCUT2D eigenvalue weighted by Gasteiger charge is 2.08. The van der Waals surface area contributed by atoms with Crippen LogP contribution in [-0.2, 0) is 0 Å². The molecule has 2 N–H and O–H groups in total. The number of hydrogen-bond donors (Lipinski definition) is 2. The van der Waals surface area contributed by atoms with E-state index in [1.165, 1.54) is 0 Å². The Hall–Kier alpha value is -0.410. The van der Waals surface area contributed by atoms with Gasteiger partial charge >= 0.3 is 0 Å². The summed E-state index contributed by atoms with van der Waals surface area (Å²) in [5, 5.41) is 11.6. The number of thiocarbonyl (C=S) groups is 1. The van der Waals surface area contributed by atoms with Gasteiger partial charge in [-0.25, -0.2) is 0 Å². The first-order chi connectivity index (χ1) is 4.33. The number of rotatable bonds is 1. The molecule has 1 rings (SSSR count). The van der Waals surface area contributed by atoms with E-state index in [9.17, 15) is 0 Å². The zero-order valence-electron chi connectivity index (χ0n) is 5.00. The molecule has 1 aliphatic rings. The average Bonchev–Trinajstić information content (AvgIpc) is 1.88. The van der Waals surface area contributed by atoms with Crippen molar-refractivity contribution in [3.8, 4) is 0 Å². The molecule has 0 saturated heterocycles. The predicted octanol–water partition coefficient (Wildman–Crippen LogP) is 0.224. The molecule has 0 bridgehead atoms. The Kier molecular flexibility index (Phi) is 2.19. The van der Waals surface area contributed by atoms with Crippen LogP contribution in [0.25, 0.3) is 0 Å². The van der Waals surface area contributed by atoms with E-state index in [0.717, 1.165) is 11.4 Å². The lowest BCUT2D eigenvalue weighted by molar-refractivity contribution is 0.256. The van der Waals surface area contributed by atoms with Crippen molar-refractivity contribution in [1.29, 1.82) is 0 Å². The highest BCUT2D eigenvalue weighted by molar-refractivity contribution is 7.80. The number of aliphatic hydroxyl groups is 1. The summed E-state index contributed by atoms with van der Waals surface area (Å²) < 4.78 is 0. The maximum absolute atomic E-state index is 8.65. The van der Waals surface area contributed by atoms with Crippen LogP contribution in [0.4, 0.5) is 0 Å². The van der Waals surface area contributed by atoms with E-state index in [1.54, 1.807) is 0 Å². The van der Waals surface area contributed by atoms with Gasteiger partial charge in [-0.05, 0) is 12.5 Å². The van der Waals surface area contributed by atoms with Crippen LogP contribution in [-0.4, -0.2) is 22.7 Å². The Morgan fingerprint density at radius 3 is 3.11 bits per heavy atom. The minimum absolute atomic E-state index is 0.141. The third-order valence-electron chi connectivity index (χ3n) is 1.26. The van der Waals surface area contributed by atoms with Crippen molar-refractivity contribution < 1.29 is 5.11 Å². The monoisotopic (exact) mass is 143 g/mol. The first-order valence-electron chi connectivity index (χ1n) is 2.91. The van der Waals surface area contributed by atoms with Crippen LogP contribution in [0, 0.1) is 0 Å². The molecule has 0 unspecified atom stereocenters. The highest BCUT2D eigenvalue weighted by atomic mass is 32.1. The fraction of sp³-hybridized carbons (Fsp3) is 0.500. The normalized spacial score (nSPS) is 25.9. The molecule has 0 saturated carbocycles. The van der Waals surface area contributed by atoms with E-state index < -0.39 is 0 Å². The Bertz CT molecular complexity index is 144. The maximum Gasteiger partial charge on any atom is 0.0987 e. The first kappa shape index (κ1) is 6.71. The average molecular weight is 143 g/mol. The van der Waals surface area contributed by atoms with E-state index in [4.69, 9.17) is 17.3 Å². The molecular weight excluding hydrogens is 134 g/mol. The van der Waals surface area contributed by atoms with Gasteiger partial charge in [-0.1, -0.05) is 18.3 Å². The Morgan fingerprint density at radius 2 is 2.67 bits per heavy atom. The summed E-state index contributed by atoms with van der Waals surface area (Å²) >= 11 is 4.84. The lowest BCUT2D eigenvalue weighted by atomic mass is 10.1. The second kappa shape index (κ2) is 2.94. The van der Waals surface area contributed by atoms with Crippen LogP contribution in [0.2, 0.25) is 0 Å². The summed E-state index contributed by atoms with van der Waals surface area (Å²) in [5.74, 6) is 0. The van der Waals surface area contributed by atoms with Gasteiger partial charge in [0.25, 0.3) is 0 Å². The maximum atomic E-state index is 8.65. The lowest BCUT2D eigenvalue weighted by Crippen LogP contribution is -2.37. The first-order valence-corrected chi connectivity index (χ1v) is 3.31. The van der Waals surface area contributed by atoms with Gasteiger partial charge in [-0.3, -0.25) is 0 Å². The van der Waals surface area contributed by atoms with Gasteiger partial charge in [0.1, 0.15) is 0 Å². The minimum atomic E-state index is 0.141. The molecule has 0 spiro atoms. The van der Waals surface area contributed by atoms with Gasteiger partial charge in [-0.15, -0.1) is 0 Å². The van der Waals surface area contributed by atoms with Crippen molar-refractivity contribution in [2.24, 2.45) is 0 Å². The van der Waals surface area contributed by atoms with Gasteiger partial charge in [0, 0.05) is 0 Å². The SMILES string of the molecule is OC[C@@H]1CC=CC(=S)N1. The smallest absolute Gasteiger partial charge is 0.0987 e. The van der Waals surface area contributed by atoms with Crippen molar-refractivity contribution >= 4 is 17.2 Å². The lowest BCUT2D eigenvalue weighted by Gasteiger charge is -2.18. The quantitative estimate of drug-likeness (QED) is 0.515. The molecule has 0 aliphatic carbocycles. The molecule has 0 aromatic heterocycles. The summed E-state index contributed by atoms with van der Waals surface area (Å²) in [6.45, 7) is 0.157. The standard InChI is InChI=1S/C6H9NOS/c8-4-5-2-1-3-6(9)7-5/h1,3,5,8H,2,4H2,(H,7,9)/t5-/m0/s1. The molecule has 2 nitrogen and oxygen atoms in total. The summed E-state index contributed by atoms with van der Waals surface area (Å²) in [7, 11) is 0. The van der Waals surface area contributed by atoms with Crippen LogP contribution in [0.5, 0.6) is 0 Å². The van der Waals surface area contributed by atoms with Gasteiger partial charge in [0.15, 0.2) is 0 Å². The molecule has 1 aliphatic heterocycles. The molecule has 0 amide bonds. The highest BCUT2D eigenvalue weighted by Crippen LogP contribution is 1.99.